The monoisotopic (exact) mass is 434 g/mol. The molecule has 1 amide bonds. The lowest BCUT2D eigenvalue weighted by atomic mass is 9.84. The molecule has 0 unspecified atom stereocenters. The van der Waals surface area contributed by atoms with Crippen LogP contribution >= 0.6 is 11.6 Å². The van der Waals surface area contributed by atoms with Gasteiger partial charge in [0.05, 0.1) is 11.7 Å². The van der Waals surface area contributed by atoms with Crippen LogP contribution in [0.5, 0.6) is 11.9 Å². The van der Waals surface area contributed by atoms with Gasteiger partial charge in [0.25, 0.3) is 6.01 Å². The molecular formula is C22H31ClN4O3. The zero-order valence-electron chi connectivity index (χ0n) is 18.0. The first-order valence-corrected chi connectivity index (χ1v) is 11.4. The molecule has 0 aliphatic heterocycles. The van der Waals surface area contributed by atoms with Crippen molar-refractivity contribution in [3.05, 3.63) is 11.2 Å². The fourth-order valence-electron chi connectivity index (χ4n) is 4.25. The molecule has 1 N–H and O–H groups in total. The molecule has 7 nitrogen and oxygen atoms in total. The maximum Gasteiger partial charge on any atom is 0.297 e. The molecular weight excluding hydrogens is 404 g/mol. The van der Waals surface area contributed by atoms with Crippen LogP contribution < -0.4 is 14.8 Å². The number of ether oxygens (including phenoxy) is 2. The van der Waals surface area contributed by atoms with Gasteiger partial charge in [0.1, 0.15) is 22.7 Å². The van der Waals surface area contributed by atoms with Crippen molar-refractivity contribution in [1.29, 1.82) is 0 Å². The molecule has 0 aromatic carbocycles. The maximum atomic E-state index is 11.1. The van der Waals surface area contributed by atoms with Crippen molar-refractivity contribution in [3.63, 3.8) is 0 Å². The number of carbonyl (C=O) groups is 1. The molecule has 30 heavy (non-hydrogen) atoms. The summed E-state index contributed by atoms with van der Waals surface area (Å²) in [7, 11) is 1.92. The van der Waals surface area contributed by atoms with Crippen molar-refractivity contribution in [2.24, 2.45) is 13.0 Å². The van der Waals surface area contributed by atoms with Gasteiger partial charge in [-0.3, -0.25) is 9.36 Å². The Hall–Kier alpha value is -2.02. The summed E-state index contributed by atoms with van der Waals surface area (Å²) in [6, 6.07) is 0.823. The number of aromatic nitrogens is 3. The Morgan fingerprint density at radius 2 is 1.90 bits per heavy atom. The second kappa shape index (κ2) is 9.00. The first-order valence-electron chi connectivity index (χ1n) is 11.0. The number of carbonyl (C=O) groups excluding carboxylic acids is 1. The van der Waals surface area contributed by atoms with Gasteiger partial charge in [0.2, 0.25) is 11.8 Å². The van der Waals surface area contributed by atoms with Gasteiger partial charge in [-0.25, -0.2) is 4.98 Å². The molecule has 4 rings (SSSR count). The second-order valence-corrected chi connectivity index (χ2v) is 9.20. The van der Waals surface area contributed by atoms with Gasteiger partial charge in [-0.05, 0) is 64.2 Å². The molecule has 0 spiro atoms. The van der Waals surface area contributed by atoms with Gasteiger partial charge in [-0.15, -0.1) is 0 Å². The molecule has 8 heteroatoms. The Morgan fingerprint density at radius 3 is 2.57 bits per heavy atom. The highest BCUT2D eigenvalue weighted by Gasteiger charge is 2.28. The molecule has 164 valence electrons. The van der Waals surface area contributed by atoms with Gasteiger partial charge < -0.3 is 14.8 Å². The Labute approximate surface area is 182 Å². The van der Waals surface area contributed by atoms with E-state index in [1.807, 2.05) is 11.6 Å². The van der Waals surface area contributed by atoms with E-state index in [1.54, 1.807) is 13.1 Å². The quantitative estimate of drug-likeness (QED) is 0.665. The molecule has 2 aromatic heterocycles. The molecule has 0 radical (unpaired) electrons. The molecule has 2 aliphatic rings. The van der Waals surface area contributed by atoms with E-state index in [1.165, 1.54) is 0 Å². The van der Waals surface area contributed by atoms with Crippen LogP contribution in [0.1, 0.15) is 65.2 Å². The van der Waals surface area contributed by atoms with Crippen LogP contribution in [0.4, 0.5) is 0 Å². The minimum Gasteiger partial charge on any atom is -0.473 e. The van der Waals surface area contributed by atoms with Gasteiger partial charge >= 0.3 is 0 Å². The van der Waals surface area contributed by atoms with Crippen LogP contribution in [0.25, 0.3) is 11.0 Å². The summed E-state index contributed by atoms with van der Waals surface area (Å²) in [5.41, 5.74) is 1.53. The summed E-state index contributed by atoms with van der Waals surface area (Å²) in [6.07, 6.45) is 10.7. The van der Waals surface area contributed by atoms with Crippen LogP contribution in [-0.2, 0) is 11.8 Å². The third kappa shape index (κ3) is 4.99. The maximum absolute atomic E-state index is 11.1. The number of fused-ring (bicyclic) bond motifs is 1. The Morgan fingerprint density at radius 1 is 1.23 bits per heavy atom. The van der Waals surface area contributed by atoms with Crippen LogP contribution in [0.2, 0.25) is 5.02 Å². The molecule has 2 fully saturated rings. The minimum absolute atomic E-state index is 0.0450. The largest absolute Gasteiger partial charge is 0.473 e. The van der Waals surface area contributed by atoms with Crippen molar-refractivity contribution in [1.82, 2.24) is 19.9 Å². The predicted molar refractivity (Wildman–Crippen MR) is 116 cm³/mol. The summed E-state index contributed by atoms with van der Waals surface area (Å²) >= 11 is 6.56. The Bertz CT molecular complexity index is 903. The zero-order valence-corrected chi connectivity index (χ0v) is 18.7. The summed E-state index contributed by atoms with van der Waals surface area (Å²) in [4.78, 5) is 20.1. The molecule has 2 aliphatic carbocycles. The van der Waals surface area contributed by atoms with Crippen LogP contribution in [0.3, 0.4) is 0 Å². The minimum atomic E-state index is 0.0450. The molecule has 2 saturated carbocycles. The predicted octanol–water partition coefficient (Wildman–Crippen LogP) is 4.41. The fraction of sp³-hybridized carbons (Fsp3) is 0.682. The first-order chi connectivity index (χ1) is 14.4. The SMILES string of the molecule is CC(=O)N[C@@H](C)CCC1CCC(Oc2nc3cnc(OC4CC4)c(Cl)c3n2C)CC1. The highest BCUT2D eigenvalue weighted by molar-refractivity contribution is 6.36. The standard InChI is InChI=1S/C22H31ClN4O3/c1-13(25-14(2)28)4-5-15-6-8-17(9-7-15)30-22-26-18-12-24-21(29-16-10-11-16)19(23)20(18)27(22)3/h12-13,15-17H,4-11H2,1-3H3,(H,25,28)/t13-,15?,17?/m0/s1. The number of rotatable bonds is 8. The lowest BCUT2D eigenvalue weighted by Crippen LogP contribution is -2.31. The summed E-state index contributed by atoms with van der Waals surface area (Å²) in [6.45, 7) is 3.65. The average Bonchev–Trinajstić information content (AvgIpc) is 3.46. The average molecular weight is 435 g/mol. The number of pyridine rings is 1. The number of nitrogens with zero attached hydrogens (tertiary/aromatic N) is 3. The van der Waals surface area contributed by atoms with Crippen LogP contribution in [0.15, 0.2) is 6.20 Å². The smallest absolute Gasteiger partial charge is 0.297 e. The zero-order chi connectivity index (χ0) is 21.3. The molecule has 0 saturated heterocycles. The van der Waals surface area contributed by atoms with Crippen LogP contribution in [-0.4, -0.2) is 38.7 Å². The van der Waals surface area contributed by atoms with Crippen molar-refractivity contribution in [3.8, 4) is 11.9 Å². The number of imidazole rings is 1. The highest BCUT2D eigenvalue weighted by Crippen LogP contribution is 2.37. The van der Waals surface area contributed by atoms with E-state index < -0.39 is 0 Å². The van der Waals surface area contributed by atoms with E-state index >= 15 is 0 Å². The third-order valence-electron chi connectivity index (χ3n) is 6.11. The van der Waals surface area contributed by atoms with Gasteiger partial charge in [-0.1, -0.05) is 11.6 Å². The summed E-state index contributed by atoms with van der Waals surface area (Å²) in [5.74, 6) is 1.22. The molecule has 2 heterocycles. The summed E-state index contributed by atoms with van der Waals surface area (Å²) in [5, 5.41) is 3.47. The number of halogens is 1. The van der Waals surface area contributed by atoms with Gasteiger partial charge in [0, 0.05) is 20.0 Å². The Kier molecular flexibility index (Phi) is 6.37. The number of hydrogen-bond acceptors (Lipinski definition) is 5. The van der Waals surface area contributed by atoms with Crippen LogP contribution in [0, 0.1) is 5.92 Å². The normalized spacial score (nSPS) is 22.7. The van der Waals surface area contributed by atoms with E-state index in [9.17, 15) is 4.79 Å². The van der Waals surface area contributed by atoms with Crippen molar-refractivity contribution < 1.29 is 14.3 Å². The van der Waals surface area contributed by atoms with Crippen molar-refractivity contribution in [2.45, 2.75) is 83.5 Å². The molecule has 2 aromatic rings. The van der Waals surface area contributed by atoms with E-state index in [4.69, 9.17) is 21.1 Å². The lowest BCUT2D eigenvalue weighted by Gasteiger charge is -2.29. The van der Waals surface area contributed by atoms with Crippen molar-refractivity contribution >= 4 is 28.5 Å². The van der Waals surface area contributed by atoms with E-state index in [0.717, 1.165) is 62.4 Å². The first kappa shape index (κ1) is 21.2. The lowest BCUT2D eigenvalue weighted by molar-refractivity contribution is -0.119. The number of hydrogen-bond donors (Lipinski definition) is 1. The van der Waals surface area contributed by atoms with E-state index in [-0.39, 0.29) is 24.2 Å². The number of amides is 1. The van der Waals surface area contributed by atoms with Gasteiger partial charge in [0.15, 0.2) is 0 Å². The Balaban J connectivity index is 1.33. The molecule has 1 atom stereocenters. The fourth-order valence-corrected chi connectivity index (χ4v) is 4.57. The van der Waals surface area contributed by atoms with E-state index in [0.29, 0.717) is 22.8 Å². The van der Waals surface area contributed by atoms with Crippen molar-refractivity contribution in [2.75, 3.05) is 0 Å². The summed E-state index contributed by atoms with van der Waals surface area (Å²) < 4.78 is 14.0. The number of aryl methyl sites for hydroxylation is 1. The second-order valence-electron chi connectivity index (χ2n) is 8.82. The highest BCUT2D eigenvalue weighted by atomic mass is 35.5. The van der Waals surface area contributed by atoms with E-state index in [2.05, 4.69) is 22.2 Å². The third-order valence-corrected chi connectivity index (χ3v) is 6.45. The number of nitrogens with one attached hydrogen (secondary N) is 1. The topological polar surface area (TPSA) is 78.3 Å². The van der Waals surface area contributed by atoms with Gasteiger partial charge in [-0.2, -0.15) is 4.98 Å². The molecule has 0 bridgehead atoms.